The Balaban J connectivity index is 1.78. The minimum Gasteiger partial charge on any atom is -0.341 e. The first-order valence-electron chi connectivity index (χ1n) is 7.70. The van der Waals surface area contributed by atoms with Crippen LogP contribution in [0.25, 0.3) is 0 Å². The number of nitrogens with zero attached hydrogens (tertiary/aromatic N) is 2. The quantitative estimate of drug-likeness (QED) is 0.790. The monoisotopic (exact) mass is 302 g/mol. The van der Waals surface area contributed by atoms with Gasteiger partial charge in [0.1, 0.15) is 0 Å². The standard InChI is InChI=1S/C14H26N2O3S/c1-20(18,19)16-10-4-9-15(11-12-16)14(17)8-7-13-5-2-3-6-13/h13H,2-12H2,1H3. The molecule has 6 heteroatoms. The molecule has 1 aliphatic heterocycles. The molecule has 0 aromatic rings. The maximum Gasteiger partial charge on any atom is 0.222 e. The summed E-state index contributed by atoms with van der Waals surface area (Å²) in [5.41, 5.74) is 0. The van der Waals surface area contributed by atoms with E-state index in [4.69, 9.17) is 0 Å². The molecular weight excluding hydrogens is 276 g/mol. The van der Waals surface area contributed by atoms with E-state index < -0.39 is 10.0 Å². The Labute approximate surface area is 122 Å². The molecule has 0 bridgehead atoms. The van der Waals surface area contributed by atoms with E-state index in [2.05, 4.69) is 0 Å². The Morgan fingerprint density at radius 3 is 2.40 bits per heavy atom. The summed E-state index contributed by atoms with van der Waals surface area (Å²) in [4.78, 5) is 14.1. The second-order valence-corrected chi connectivity index (χ2v) is 8.07. The van der Waals surface area contributed by atoms with Gasteiger partial charge in [-0.2, -0.15) is 0 Å². The Morgan fingerprint density at radius 2 is 1.75 bits per heavy atom. The number of hydrogen-bond acceptors (Lipinski definition) is 3. The zero-order valence-electron chi connectivity index (χ0n) is 12.4. The van der Waals surface area contributed by atoms with Crippen molar-refractivity contribution in [1.82, 2.24) is 9.21 Å². The molecule has 1 saturated heterocycles. The molecule has 0 aromatic heterocycles. The fourth-order valence-corrected chi connectivity index (χ4v) is 4.13. The third-order valence-corrected chi connectivity index (χ3v) is 5.82. The lowest BCUT2D eigenvalue weighted by Gasteiger charge is -2.21. The van der Waals surface area contributed by atoms with Gasteiger partial charge in [0, 0.05) is 32.6 Å². The summed E-state index contributed by atoms with van der Waals surface area (Å²) < 4.78 is 24.6. The lowest BCUT2D eigenvalue weighted by molar-refractivity contribution is -0.131. The van der Waals surface area contributed by atoms with Gasteiger partial charge in [-0.05, 0) is 18.8 Å². The van der Waals surface area contributed by atoms with Crippen LogP contribution in [0.3, 0.4) is 0 Å². The van der Waals surface area contributed by atoms with Crippen molar-refractivity contribution in [1.29, 1.82) is 0 Å². The van der Waals surface area contributed by atoms with E-state index in [0.29, 0.717) is 32.6 Å². The van der Waals surface area contributed by atoms with Crippen molar-refractivity contribution in [3.63, 3.8) is 0 Å². The second kappa shape index (κ2) is 6.89. The number of rotatable bonds is 4. The summed E-state index contributed by atoms with van der Waals surface area (Å²) in [5, 5.41) is 0. The summed E-state index contributed by atoms with van der Waals surface area (Å²) in [7, 11) is -3.13. The lowest BCUT2D eigenvalue weighted by atomic mass is 10.0. The summed E-state index contributed by atoms with van der Waals surface area (Å²) in [6.07, 6.45) is 8.78. The summed E-state index contributed by atoms with van der Waals surface area (Å²) >= 11 is 0. The Hall–Kier alpha value is -0.620. The molecule has 2 aliphatic rings. The van der Waals surface area contributed by atoms with Crippen LogP contribution in [0.5, 0.6) is 0 Å². The number of carbonyl (C=O) groups is 1. The Kier molecular flexibility index (Phi) is 5.43. The smallest absolute Gasteiger partial charge is 0.222 e. The number of hydrogen-bond donors (Lipinski definition) is 0. The van der Waals surface area contributed by atoms with Crippen molar-refractivity contribution in [3.05, 3.63) is 0 Å². The van der Waals surface area contributed by atoms with Gasteiger partial charge in [-0.25, -0.2) is 12.7 Å². The predicted octanol–water partition coefficient (Wildman–Crippen LogP) is 1.45. The fraction of sp³-hybridized carbons (Fsp3) is 0.929. The molecule has 2 rings (SSSR count). The zero-order valence-corrected chi connectivity index (χ0v) is 13.2. The van der Waals surface area contributed by atoms with E-state index in [1.807, 2.05) is 4.90 Å². The SMILES string of the molecule is CS(=O)(=O)N1CCCN(C(=O)CCC2CCCC2)CC1. The topological polar surface area (TPSA) is 57.7 Å². The first-order chi connectivity index (χ1) is 9.47. The average molecular weight is 302 g/mol. The van der Waals surface area contributed by atoms with E-state index in [0.717, 1.165) is 18.8 Å². The maximum atomic E-state index is 12.2. The molecular formula is C14H26N2O3S. The van der Waals surface area contributed by atoms with Crippen molar-refractivity contribution < 1.29 is 13.2 Å². The fourth-order valence-electron chi connectivity index (χ4n) is 3.26. The second-order valence-electron chi connectivity index (χ2n) is 6.09. The molecule has 1 amide bonds. The minimum atomic E-state index is -3.13. The normalized spacial score (nSPS) is 22.9. The van der Waals surface area contributed by atoms with E-state index in [1.54, 1.807) is 0 Å². The largest absolute Gasteiger partial charge is 0.341 e. The summed E-state index contributed by atoms with van der Waals surface area (Å²) in [6.45, 7) is 2.20. The molecule has 0 spiro atoms. The molecule has 116 valence electrons. The third kappa shape index (κ3) is 4.45. The molecule has 1 heterocycles. The molecule has 5 nitrogen and oxygen atoms in total. The van der Waals surface area contributed by atoms with E-state index >= 15 is 0 Å². The third-order valence-electron chi connectivity index (χ3n) is 4.52. The van der Waals surface area contributed by atoms with Crippen LogP contribution < -0.4 is 0 Å². The maximum absolute atomic E-state index is 12.2. The van der Waals surface area contributed by atoms with Crippen molar-refractivity contribution in [2.24, 2.45) is 5.92 Å². The van der Waals surface area contributed by atoms with Crippen LogP contribution in [0, 0.1) is 5.92 Å². The van der Waals surface area contributed by atoms with Crippen LogP contribution >= 0.6 is 0 Å². The molecule has 0 radical (unpaired) electrons. The average Bonchev–Trinajstić information content (AvgIpc) is 2.76. The lowest BCUT2D eigenvalue weighted by Crippen LogP contribution is -2.37. The van der Waals surface area contributed by atoms with Crippen molar-refractivity contribution in [2.75, 3.05) is 32.4 Å². The molecule has 20 heavy (non-hydrogen) atoms. The van der Waals surface area contributed by atoms with Gasteiger partial charge in [-0.15, -0.1) is 0 Å². The molecule has 0 N–H and O–H groups in total. The predicted molar refractivity (Wildman–Crippen MR) is 78.8 cm³/mol. The van der Waals surface area contributed by atoms with Crippen LogP contribution in [-0.2, 0) is 14.8 Å². The van der Waals surface area contributed by atoms with E-state index in [9.17, 15) is 13.2 Å². The molecule has 0 aromatic carbocycles. The number of amides is 1. The Bertz CT molecular complexity index is 430. The van der Waals surface area contributed by atoms with Gasteiger partial charge in [-0.1, -0.05) is 25.7 Å². The van der Waals surface area contributed by atoms with Crippen LogP contribution in [0.4, 0.5) is 0 Å². The van der Waals surface area contributed by atoms with E-state index in [1.165, 1.54) is 36.2 Å². The number of carbonyl (C=O) groups excluding carboxylic acids is 1. The summed E-state index contributed by atoms with van der Waals surface area (Å²) in [5.74, 6) is 0.936. The molecule has 1 saturated carbocycles. The van der Waals surface area contributed by atoms with Crippen LogP contribution in [-0.4, -0.2) is 56.0 Å². The molecule has 0 unspecified atom stereocenters. The van der Waals surface area contributed by atoms with Gasteiger partial charge in [0.05, 0.1) is 6.26 Å². The van der Waals surface area contributed by atoms with Crippen LogP contribution in [0.1, 0.15) is 44.9 Å². The highest BCUT2D eigenvalue weighted by atomic mass is 32.2. The van der Waals surface area contributed by atoms with Gasteiger partial charge in [-0.3, -0.25) is 4.79 Å². The van der Waals surface area contributed by atoms with Crippen molar-refractivity contribution in [3.8, 4) is 0 Å². The highest BCUT2D eigenvalue weighted by molar-refractivity contribution is 7.88. The zero-order chi connectivity index (χ0) is 14.6. The molecule has 0 atom stereocenters. The first kappa shape index (κ1) is 15.8. The van der Waals surface area contributed by atoms with Gasteiger partial charge in [0.25, 0.3) is 0 Å². The summed E-state index contributed by atoms with van der Waals surface area (Å²) in [6, 6.07) is 0. The molecule has 2 fully saturated rings. The van der Waals surface area contributed by atoms with Crippen molar-refractivity contribution >= 4 is 15.9 Å². The van der Waals surface area contributed by atoms with Gasteiger partial charge >= 0.3 is 0 Å². The minimum absolute atomic E-state index is 0.201. The van der Waals surface area contributed by atoms with Crippen LogP contribution in [0.15, 0.2) is 0 Å². The first-order valence-corrected chi connectivity index (χ1v) is 9.54. The molecule has 1 aliphatic carbocycles. The Morgan fingerprint density at radius 1 is 1.05 bits per heavy atom. The van der Waals surface area contributed by atoms with Gasteiger partial charge in [0.15, 0.2) is 0 Å². The van der Waals surface area contributed by atoms with Crippen molar-refractivity contribution in [2.45, 2.75) is 44.9 Å². The highest BCUT2D eigenvalue weighted by Gasteiger charge is 2.24. The van der Waals surface area contributed by atoms with E-state index in [-0.39, 0.29) is 5.91 Å². The van der Waals surface area contributed by atoms with Crippen LogP contribution in [0.2, 0.25) is 0 Å². The number of sulfonamides is 1. The highest BCUT2D eigenvalue weighted by Crippen LogP contribution is 2.28. The van der Waals surface area contributed by atoms with Gasteiger partial charge in [0.2, 0.25) is 15.9 Å². The van der Waals surface area contributed by atoms with Gasteiger partial charge < -0.3 is 4.90 Å².